The van der Waals surface area contributed by atoms with Crippen LogP contribution >= 0.6 is 23.4 Å². The van der Waals surface area contributed by atoms with E-state index in [1.807, 2.05) is 12.1 Å². The smallest absolute Gasteiger partial charge is 0.173 e. The van der Waals surface area contributed by atoms with Gasteiger partial charge in [-0.25, -0.2) is 0 Å². The van der Waals surface area contributed by atoms with Crippen molar-refractivity contribution in [3.05, 3.63) is 34.3 Å². The molecule has 0 unspecified atom stereocenters. The van der Waals surface area contributed by atoms with Gasteiger partial charge < -0.3 is 0 Å². The first-order valence-corrected chi connectivity index (χ1v) is 5.20. The van der Waals surface area contributed by atoms with Gasteiger partial charge in [-0.05, 0) is 17.7 Å². The second-order valence-corrected chi connectivity index (χ2v) is 4.14. The van der Waals surface area contributed by atoms with Gasteiger partial charge in [0.1, 0.15) is 0 Å². The summed E-state index contributed by atoms with van der Waals surface area (Å²) in [5.74, 6) is 1.72. The van der Waals surface area contributed by atoms with Gasteiger partial charge in [0, 0.05) is 16.3 Å². The van der Waals surface area contributed by atoms with Crippen molar-refractivity contribution in [1.82, 2.24) is 0 Å². The van der Waals surface area contributed by atoms with Crippen LogP contribution < -0.4 is 0 Å². The summed E-state index contributed by atoms with van der Waals surface area (Å²) < 4.78 is 0. The predicted molar refractivity (Wildman–Crippen MR) is 51.9 cm³/mol. The third-order valence-corrected chi connectivity index (χ3v) is 3.08. The summed E-state index contributed by atoms with van der Waals surface area (Å²) in [6.45, 7) is 0. The summed E-state index contributed by atoms with van der Waals surface area (Å²) in [5.41, 5.74) is 1.92. The van der Waals surface area contributed by atoms with Gasteiger partial charge in [-0.15, -0.1) is 11.8 Å². The lowest BCUT2D eigenvalue weighted by molar-refractivity contribution is 0.102. The van der Waals surface area contributed by atoms with Crippen LogP contribution in [0.1, 0.15) is 15.9 Å². The van der Waals surface area contributed by atoms with E-state index in [4.69, 9.17) is 11.6 Å². The van der Waals surface area contributed by atoms with Crippen molar-refractivity contribution in [2.75, 3.05) is 5.75 Å². The average molecular weight is 199 g/mol. The van der Waals surface area contributed by atoms with E-state index in [0.29, 0.717) is 10.8 Å². The number of hydrogen-bond acceptors (Lipinski definition) is 2. The molecule has 2 rings (SSSR count). The first-order valence-electron chi connectivity index (χ1n) is 3.67. The van der Waals surface area contributed by atoms with Crippen LogP contribution in [0.3, 0.4) is 0 Å². The van der Waals surface area contributed by atoms with Crippen LogP contribution in [0.4, 0.5) is 0 Å². The van der Waals surface area contributed by atoms with Crippen molar-refractivity contribution in [2.24, 2.45) is 0 Å². The number of Topliss-reactive ketones (excluding diaryl/α,β-unsaturated/α-hetero) is 1. The fourth-order valence-electron chi connectivity index (χ4n) is 1.27. The minimum absolute atomic E-state index is 0.198. The number of halogens is 1. The Morgan fingerprint density at radius 3 is 3.00 bits per heavy atom. The molecule has 0 aliphatic carbocycles. The van der Waals surface area contributed by atoms with Gasteiger partial charge >= 0.3 is 0 Å². The Balaban J connectivity index is 2.54. The Morgan fingerprint density at radius 1 is 1.33 bits per heavy atom. The lowest BCUT2D eigenvalue weighted by atomic mass is 10.1. The quantitative estimate of drug-likeness (QED) is 0.638. The Hall–Kier alpha value is -0.470. The predicted octanol–water partition coefficient (Wildman–Crippen LogP) is 2.77. The number of fused-ring (bicyclic) bond motifs is 1. The molecule has 3 heteroatoms. The Morgan fingerprint density at radius 2 is 2.17 bits per heavy atom. The fraction of sp³-hybridized carbons (Fsp3) is 0.222. The van der Waals surface area contributed by atoms with Gasteiger partial charge in [-0.2, -0.15) is 0 Å². The lowest BCUT2D eigenvalue weighted by Gasteiger charge is -2.13. The molecule has 12 heavy (non-hydrogen) atoms. The van der Waals surface area contributed by atoms with Crippen LogP contribution in [0.15, 0.2) is 18.2 Å². The second-order valence-electron chi connectivity index (χ2n) is 2.72. The zero-order valence-electron chi connectivity index (χ0n) is 6.34. The highest BCUT2D eigenvalue weighted by Gasteiger charge is 2.16. The highest BCUT2D eigenvalue weighted by molar-refractivity contribution is 7.99. The SMILES string of the molecule is O=C1CSCc2ccc(Cl)cc21. The topological polar surface area (TPSA) is 17.1 Å². The van der Waals surface area contributed by atoms with E-state index in [1.165, 1.54) is 0 Å². The highest BCUT2D eigenvalue weighted by atomic mass is 35.5. The van der Waals surface area contributed by atoms with Crippen molar-refractivity contribution in [3.63, 3.8) is 0 Å². The number of benzene rings is 1. The molecular weight excluding hydrogens is 192 g/mol. The summed E-state index contributed by atoms with van der Waals surface area (Å²) in [6.07, 6.45) is 0. The number of thioether (sulfide) groups is 1. The number of carbonyl (C=O) groups excluding carboxylic acids is 1. The minimum Gasteiger partial charge on any atom is -0.293 e. The van der Waals surface area contributed by atoms with E-state index in [0.717, 1.165) is 16.9 Å². The normalized spacial score (nSPS) is 15.9. The van der Waals surface area contributed by atoms with E-state index in [1.54, 1.807) is 17.8 Å². The van der Waals surface area contributed by atoms with Gasteiger partial charge in [0.15, 0.2) is 5.78 Å². The maximum atomic E-state index is 11.4. The molecule has 1 aliphatic heterocycles. The molecule has 1 aromatic carbocycles. The molecule has 1 aromatic rings. The molecule has 0 bridgehead atoms. The summed E-state index contributed by atoms with van der Waals surface area (Å²) >= 11 is 7.44. The summed E-state index contributed by atoms with van der Waals surface area (Å²) in [5, 5.41) is 0.647. The zero-order valence-corrected chi connectivity index (χ0v) is 7.91. The molecular formula is C9H7ClOS. The van der Waals surface area contributed by atoms with Crippen molar-refractivity contribution >= 4 is 29.1 Å². The Bertz CT molecular complexity index is 335. The van der Waals surface area contributed by atoms with Gasteiger partial charge in [0.25, 0.3) is 0 Å². The maximum Gasteiger partial charge on any atom is 0.173 e. The van der Waals surface area contributed by atoms with Crippen LogP contribution in [-0.2, 0) is 5.75 Å². The number of carbonyl (C=O) groups is 1. The van der Waals surface area contributed by atoms with Crippen molar-refractivity contribution < 1.29 is 4.79 Å². The molecule has 0 fully saturated rings. The lowest BCUT2D eigenvalue weighted by Crippen LogP contribution is -2.11. The molecule has 0 saturated heterocycles. The van der Waals surface area contributed by atoms with E-state index >= 15 is 0 Å². The molecule has 0 spiro atoms. The highest BCUT2D eigenvalue weighted by Crippen LogP contribution is 2.26. The standard InChI is InChI=1S/C9H7ClOS/c10-7-2-1-6-4-12-5-9(11)8(6)3-7/h1-3H,4-5H2. The first kappa shape index (κ1) is 8.14. The van der Waals surface area contributed by atoms with Gasteiger partial charge in [-0.3, -0.25) is 4.79 Å². The van der Waals surface area contributed by atoms with E-state index < -0.39 is 0 Å². The first-order chi connectivity index (χ1) is 5.77. The molecule has 0 amide bonds. The van der Waals surface area contributed by atoms with Crippen LogP contribution in [0.25, 0.3) is 0 Å². The molecule has 0 saturated carbocycles. The molecule has 0 aromatic heterocycles. The number of rotatable bonds is 0. The van der Waals surface area contributed by atoms with Crippen LogP contribution in [-0.4, -0.2) is 11.5 Å². The zero-order chi connectivity index (χ0) is 8.55. The van der Waals surface area contributed by atoms with E-state index in [-0.39, 0.29) is 5.78 Å². The van der Waals surface area contributed by atoms with E-state index in [2.05, 4.69) is 0 Å². The molecule has 0 atom stereocenters. The van der Waals surface area contributed by atoms with Gasteiger partial charge in [0.2, 0.25) is 0 Å². The molecule has 1 nitrogen and oxygen atoms in total. The molecule has 0 radical (unpaired) electrons. The number of hydrogen-bond donors (Lipinski definition) is 0. The van der Waals surface area contributed by atoms with Crippen molar-refractivity contribution in [2.45, 2.75) is 5.75 Å². The molecule has 0 N–H and O–H groups in total. The monoisotopic (exact) mass is 198 g/mol. The third kappa shape index (κ3) is 1.37. The Labute approximate surface area is 80.1 Å². The minimum atomic E-state index is 0.198. The molecule has 1 aliphatic rings. The summed E-state index contributed by atoms with van der Waals surface area (Å²) in [7, 11) is 0. The third-order valence-electron chi connectivity index (χ3n) is 1.86. The summed E-state index contributed by atoms with van der Waals surface area (Å²) in [4.78, 5) is 11.4. The van der Waals surface area contributed by atoms with E-state index in [9.17, 15) is 4.79 Å². The maximum absolute atomic E-state index is 11.4. The van der Waals surface area contributed by atoms with Crippen LogP contribution in [0.5, 0.6) is 0 Å². The molecule has 1 heterocycles. The van der Waals surface area contributed by atoms with Crippen molar-refractivity contribution in [3.8, 4) is 0 Å². The summed E-state index contributed by atoms with van der Waals surface area (Å²) in [6, 6.07) is 5.53. The Kier molecular flexibility index (Phi) is 2.11. The molecule has 62 valence electrons. The number of ketones is 1. The van der Waals surface area contributed by atoms with Crippen LogP contribution in [0.2, 0.25) is 5.02 Å². The van der Waals surface area contributed by atoms with Gasteiger partial charge in [-0.1, -0.05) is 17.7 Å². The van der Waals surface area contributed by atoms with Gasteiger partial charge in [0.05, 0.1) is 5.75 Å². The fourth-order valence-corrected chi connectivity index (χ4v) is 2.35. The van der Waals surface area contributed by atoms with Crippen LogP contribution in [0, 0.1) is 0 Å². The largest absolute Gasteiger partial charge is 0.293 e. The average Bonchev–Trinajstić information content (AvgIpc) is 2.07. The van der Waals surface area contributed by atoms with Crippen molar-refractivity contribution in [1.29, 1.82) is 0 Å². The second kappa shape index (κ2) is 3.11.